The molecule has 0 fully saturated rings. The molecule has 12 heteroatoms. The molecule has 0 unspecified atom stereocenters. The summed E-state index contributed by atoms with van der Waals surface area (Å²) in [5.41, 5.74) is 1.66. The maximum absolute atomic E-state index is 14.1. The SMILES string of the molecule is CCCOc1ccc(/C=c2\sc3n(c2=O)[C@@H](c2ccc(OCC(=O)OC)c(OCC)c2)C(C(=O)OCC)=C(C)N=3)cc1OCC. The maximum atomic E-state index is 14.1. The molecule has 0 radical (unpaired) electrons. The number of fused-ring (bicyclic) bond motifs is 1. The Balaban J connectivity index is 1.86. The Labute approximate surface area is 265 Å². The zero-order valence-electron chi connectivity index (χ0n) is 26.3. The van der Waals surface area contributed by atoms with E-state index in [0.717, 1.165) is 12.0 Å². The van der Waals surface area contributed by atoms with Gasteiger partial charge in [-0.05, 0) is 75.6 Å². The van der Waals surface area contributed by atoms with Crippen LogP contribution >= 0.6 is 11.3 Å². The smallest absolute Gasteiger partial charge is 0.343 e. The van der Waals surface area contributed by atoms with Crippen molar-refractivity contribution in [2.24, 2.45) is 4.99 Å². The number of thiazole rings is 1. The van der Waals surface area contributed by atoms with Gasteiger partial charge in [0.15, 0.2) is 34.4 Å². The zero-order valence-corrected chi connectivity index (χ0v) is 27.2. The van der Waals surface area contributed by atoms with E-state index >= 15 is 0 Å². The van der Waals surface area contributed by atoms with E-state index in [0.29, 0.717) is 63.4 Å². The minimum atomic E-state index is -0.861. The van der Waals surface area contributed by atoms with Crippen LogP contribution in [-0.2, 0) is 19.1 Å². The standard InChI is InChI=1S/C33H38N2O9S/c1-7-15-43-23-13-11-21(16-25(23)40-8-2)17-27-31(37)35-30(29(32(38)42-10-4)20(5)34-33(35)45-27)22-12-14-24(26(18-22)41-9-3)44-19-28(36)39-6/h11-14,16-18,30H,7-10,15,19H2,1-6H3/b27-17-/t30-/m0/s1. The number of aromatic nitrogens is 1. The molecular weight excluding hydrogens is 600 g/mol. The van der Waals surface area contributed by atoms with Crippen molar-refractivity contribution in [1.82, 2.24) is 4.57 Å². The first-order valence-corrected chi connectivity index (χ1v) is 15.6. The number of hydrogen-bond acceptors (Lipinski definition) is 11. The molecule has 11 nitrogen and oxygen atoms in total. The Morgan fingerprint density at radius 1 is 0.911 bits per heavy atom. The van der Waals surface area contributed by atoms with Gasteiger partial charge in [-0.15, -0.1) is 0 Å². The van der Waals surface area contributed by atoms with Gasteiger partial charge in [0, 0.05) is 0 Å². The van der Waals surface area contributed by atoms with Crippen LogP contribution in [0.4, 0.5) is 0 Å². The molecular formula is C33H38N2O9S. The van der Waals surface area contributed by atoms with Gasteiger partial charge in [0.05, 0.1) is 55.4 Å². The number of allylic oxidation sites excluding steroid dienone is 1. The van der Waals surface area contributed by atoms with Crippen LogP contribution in [0.3, 0.4) is 0 Å². The van der Waals surface area contributed by atoms with Crippen molar-refractivity contribution in [3.8, 4) is 23.0 Å². The van der Waals surface area contributed by atoms with Crippen LogP contribution in [0.2, 0.25) is 0 Å². The molecule has 3 aromatic rings. The lowest BCUT2D eigenvalue weighted by molar-refractivity contribution is -0.143. The van der Waals surface area contributed by atoms with Gasteiger partial charge in [0.2, 0.25) is 0 Å². The number of esters is 2. The summed E-state index contributed by atoms with van der Waals surface area (Å²) in [7, 11) is 1.27. The molecule has 1 atom stereocenters. The van der Waals surface area contributed by atoms with Crippen LogP contribution in [0.1, 0.15) is 58.2 Å². The molecule has 2 heterocycles. The van der Waals surface area contributed by atoms with Gasteiger partial charge in [-0.2, -0.15) is 0 Å². The fraction of sp³-hybridized carbons (Fsp3) is 0.394. The van der Waals surface area contributed by atoms with E-state index < -0.39 is 18.0 Å². The molecule has 0 spiro atoms. The highest BCUT2D eigenvalue weighted by atomic mass is 32.1. The van der Waals surface area contributed by atoms with Crippen LogP contribution in [0.25, 0.3) is 6.08 Å². The normalized spacial score (nSPS) is 14.4. The Hall–Kier alpha value is -4.58. The molecule has 0 bridgehead atoms. The van der Waals surface area contributed by atoms with Gasteiger partial charge in [0.1, 0.15) is 0 Å². The Kier molecular flexibility index (Phi) is 11.4. The summed E-state index contributed by atoms with van der Waals surface area (Å²) in [6.45, 7) is 10.3. The molecule has 0 N–H and O–H groups in total. The van der Waals surface area contributed by atoms with Gasteiger partial charge in [-0.1, -0.05) is 30.4 Å². The summed E-state index contributed by atoms with van der Waals surface area (Å²) >= 11 is 1.22. The zero-order chi connectivity index (χ0) is 32.5. The number of carbonyl (C=O) groups excluding carboxylic acids is 2. The van der Waals surface area contributed by atoms with Crippen molar-refractivity contribution in [3.05, 3.63) is 78.5 Å². The predicted octanol–water partition coefficient (Wildman–Crippen LogP) is 3.94. The molecule has 2 aromatic carbocycles. The molecule has 1 aliphatic heterocycles. The van der Waals surface area contributed by atoms with Gasteiger partial charge in [0.25, 0.3) is 5.56 Å². The highest BCUT2D eigenvalue weighted by Crippen LogP contribution is 2.36. The summed E-state index contributed by atoms with van der Waals surface area (Å²) in [5, 5.41) is 0. The molecule has 45 heavy (non-hydrogen) atoms. The van der Waals surface area contributed by atoms with Crippen LogP contribution in [0.5, 0.6) is 23.0 Å². The number of benzene rings is 2. The van der Waals surface area contributed by atoms with E-state index in [1.54, 1.807) is 38.1 Å². The van der Waals surface area contributed by atoms with E-state index in [2.05, 4.69) is 9.73 Å². The number of carbonyl (C=O) groups is 2. The van der Waals surface area contributed by atoms with E-state index in [9.17, 15) is 14.4 Å². The van der Waals surface area contributed by atoms with E-state index in [-0.39, 0.29) is 24.3 Å². The van der Waals surface area contributed by atoms with Crippen molar-refractivity contribution in [2.45, 2.75) is 47.1 Å². The second kappa shape index (κ2) is 15.4. The summed E-state index contributed by atoms with van der Waals surface area (Å²) < 4.78 is 35.1. The largest absolute Gasteiger partial charge is 0.490 e. The summed E-state index contributed by atoms with van der Waals surface area (Å²) in [5.74, 6) is 0.750. The van der Waals surface area contributed by atoms with Crippen molar-refractivity contribution >= 4 is 29.4 Å². The average Bonchev–Trinajstić information content (AvgIpc) is 3.33. The maximum Gasteiger partial charge on any atom is 0.343 e. The minimum absolute atomic E-state index is 0.150. The van der Waals surface area contributed by atoms with Gasteiger partial charge >= 0.3 is 11.9 Å². The molecule has 1 aromatic heterocycles. The molecule has 0 saturated carbocycles. The topological polar surface area (TPSA) is 124 Å². The first-order valence-electron chi connectivity index (χ1n) is 14.8. The van der Waals surface area contributed by atoms with Crippen molar-refractivity contribution in [3.63, 3.8) is 0 Å². The molecule has 0 amide bonds. The van der Waals surface area contributed by atoms with Crippen LogP contribution < -0.4 is 33.8 Å². The van der Waals surface area contributed by atoms with Gasteiger partial charge in [-0.25, -0.2) is 14.6 Å². The van der Waals surface area contributed by atoms with Gasteiger partial charge in [-0.3, -0.25) is 9.36 Å². The molecule has 0 aliphatic carbocycles. The summed E-state index contributed by atoms with van der Waals surface area (Å²) in [6, 6.07) is 9.71. The fourth-order valence-electron chi connectivity index (χ4n) is 4.75. The van der Waals surface area contributed by atoms with Crippen LogP contribution in [-0.4, -0.2) is 56.6 Å². The highest BCUT2D eigenvalue weighted by Gasteiger charge is 2.34. The molecule has 0 saturated heterocycles. The molecule has 4 rings (SSSR count). The summed E-state index contributed by atoms with van der Waals surface area (Å²) in [6.07, 6.45) is 2.63. The van der Waals surface area contributed by atoms with E-state index in [1.807, 2.05) is 39.0 Å². The van der Waals surface area contributed by atoms with Crippen molar-refractivity contribution < 1.29 is 38.0 Å². The Bertz CT molecular complexity index is 1760. The third kappa shape index (κ3) is 7.56. The second-order valence-corrected chi connectivity index (χ2v) is 10.8. The number of rotatable bonds is 14. The third-order valence-corrected chi connectivity index (χ3v) is 7.68. The lowest BCUT2D eigenvalue weighted by Crippen LogP contribution is -2.40. The monoisotopic (exact) mass is 638 g/mol. The summed E-state index contributed by atoms with van der Waals surface area (Å²) in [4.78, 5) is 44.2. The molecule has 240 valence electrons. The quantitative estimate of drug-likeness (QED) is 0.242. The van der Waals surface area contributed by atoms with E-state index in [4.69, 9.17) is 23.7 Å². The van der Waals surface area contributed by atoms with E-state index in [1.165, 1.54) is 23.0 Å². The average molecular weight is 639 g/mol. The lowest BCUT2D eigenvalue weighted by Gasteiger charge is -2.25. The minimum Gasteiger partial charge on any atom is -0.490 e. The number of ether oxygens (including phenoxy) is 6. The Morgan fingerprint density at radius 2 is 1.60 bits per heavy atom. The van der Waals surface area contributed by atoms with Crippen LogP contribution in [0, 0.1) is 0 Å². The lowest BCUT2D eigenvalue weighted by atomic mass is 9.95. The number of nitrogens with zero attached hydrogens (tertiary/aromatic N) is 2. The third-order valence-electron chi connectivity index (χ3n) is 6.70. The second-order valence-electron chi connectivity index (χ2n) is 9.79. The molecule has 1 aliphatic rings. The number of methoxy groups -OCH3 is 1. The van der Waals surface area contributed by atoms with Crippen molar-refractivity contribution in [2.75, 3.05) is 40.1 Å². The highest BCUT2D eigenvalue weighted by molar-refractivity contribution is 7.07. The first kappa shape index (κ1) is 33.3. The Morgan fingerprint density at radius 3 is 2.27 bits per heavy atom. The van der Waals surface area contributed by atoms with Crippen LogP contribution in [0.15, 0.2) is 57.5 Å². The first-order chi connectivity index (χ1) is 21.8. The van der Waals surface area contributed by atoms with Crippen molar-refractivity contribution in [1.29, 1.82) is 0 Å². The predicted molar refractivity (Wildman–Crippen MR) is 169 cm³/mol. The number of hydrogen-bond donors (Lipinski definition) is 0. The fourth-order valence-corrected chi connectivity index (χ4v) is 5.80. The van der Waals surface area contributed by atoms with Gasteiger partial charge < -0.3 is 28.4 Å².